The number of para-hydroxylation sites is 1. The lowest BCUT2D eigenvalue weighted by atomic mass is 9.99. The van der Waals surface area contributed by atoms with E-state index >= 15 is 0 Å². The Morgan fingerprint density at radius 2 is 2.20 bits per heavy atom. The number of nitrogens with zero attached hydrogens (tertiary/aromatic N) is 1. The molecule has 1 heterocycles. The molecule has 2 heteroatoms. The highest BCUT2D eigenvalue weighted by molar-refractivity contribution is 5.58. The van der Waals surface area contributed by atoms with Crippen LogP contribution in [0.5, 0.6) is 0 Å². The zero-order valence-electron chi connectivity index (χ0n) is 9.61. The fourth-order valence-electron chi connectivity index (χ4n) is 2.42. The predicted molar refractivity (Wildman–Crippen MR) is 65.2 cm³/mol. The van der Waals surface area contributed by atoms with Gasteiger partial charge in [0.25, 0.3) is 0 Å². The van der Waals surface area contributed by atoms with Gasteiger partial charge in [-0.2, -0.15) is 0 Å². The molecule has 2 unspecified atom stereocenters. The average molecular weight is 204 g/mol. The van der Waals surface area contributed by atoms with Crippen LogP contribution in [0.2, 0.25) is 0 Å². The van der Waals surface area contributed by atoms with Crippen molar-refractivity contribution in [2.24, 2.45) is 11.7 Å². The number of benzene rings is 1. The molecule has 0 saturated carbocycles. The number of hydrogen-bond donors (Lipinski definition) is 1. The number of likely N-dealkylation sites (N-methyl/N-ethyl adjacent to an activating group) is 1. The van der Waals surface area contributed by atoms with Crippen molar-refractivity contribution in [1.29, 1.82) is 0 Å². The Morgan fingerprint density at radius 3 is 2.87 bits per heavy atom. The fraction of sp³-hybridized carbons (Fsp3) is 0.538. The molecule has 2 N–H and O–H groups in total. The molecule has 82 valence electrons. The molecule has 0 radical (unpaired) electrons. The Labute approximate surface area is 92.1 Å². The monoisotopic (exact) mass is 204 g/mol. The maximum absolute atomic E-state index is 5.68. The fourth-order valence-corrected chi connectivity index (χ4v) is 2.42. The molecule has 1 aliphatic heterocycles. The van der Waals surface area contributed by atoms with Gasteiger partial charge in [0, 0.05) is 18.8 Å². The van der Waals surface area contributed by atoms with Crippen molar-refractivity contribution in [3.05, 3.63) is 29.8 Å². The third-order valence-electron chi connectivity index (χ3n) is 3.45. The van der Waals surface area contributed by atoms with Crippen LogP contribution in [0.3, 0.4) is 0 Å². The maximum atomic E-state index is 5.68. The number of fused-ring (bicyclic) bond motifs is 1. The van der Waals surface area contributed by atoms with Gasteiger partial charge in [0.2, 0.25) is 0 Å². The average Bonchev–Trinajstić information content (AvgIpc) is 2.57. The summed E-state index contributed by atoms with van der Waals surface area (Å²) in [6.45, 7) is 3.03. The molecule has 0 saturated heterocycles. The van der Waals surface area contributed by atoms with Gasteiger partial charge in [-0.1, -0.05) is 25.1 Å². The lowest BCUT2D eigenvalue weighted by molar-refractivity contribution is 0.469. The minimum atomic E-state index is 0.617. The van der Waals surface area contributed by atoms with E-state index in [1.807, 2.05) is 0 Å². The summed E-state index contributed by atoms with van der Waals surface area (Å²) in [5.41, 5.74) is 8.56. The molecule has 15 heavy (non-hydrogen) atoms. The second kappa shape index (κ2) is 4.23. The van der Waals surface area contributed by atoms with Gasteiger partial charge in [-0.05, 0) is 36.9 Å². The first-order chi connectivity index (χ1) is 7.22. The Morgan fingerprint density at radius 1 is 1.47 bits per heavy atom. The number of rotatable bonds is 3. The summed E-state index contributed by atoms with van der Waals surface area (Å²) >= 11 is 0. The topological polar surface area (TPSA) is 29.3 Å². The standard InChI is InChI=1S/C13H20N2/c1-10(9-14)7-12-8-11-5-3-4-6-13(11)15(12)2/h3-6,10,12H,7-9,14H2,1-2H3. The summed E-state index contributed by atoms with van der Waals surface area (Å²) in [6.07, 6.45) is 2.37. The largest absolute Gasteiger partial charge is 0.371 e. The summed E-state index contributed by atoms with van der Waals surface area (Å²) in [5.74, 6) is 0.617. The molecule has 0 bridgehead atoms. The number of anilines is 1. The third-order valence-corrected chi connectivity index (χ3v) is 3.45. The van der Waals surface area contributed by atoms with E-state index in [9.17, 15) is 0 Å². The quantitative estimate of drug-likeness (QED) is 0.816. The Bertz CT molecular complexity index is 335. The van der Waals surface area contributed by atoms with Crippen LogP contribution in [-0.2, 0) is 6.42 Å². The Balaban J connectivity index is 2.10. The molecule has 2 nitrogen and oxygen atoms in total. The highest BCUT2D eigenvalue weighted by Gasteiger charge is 2.26. The first-order valence-corrected chi connectivity index (χ1v) is 5.73. The predicted octanol–water partition coefficient (Wildman–Crippen LogP) is 2.03. The van der Waals surface area contributed by atoms with Crippen LogP contribution in [0.4, 0.5) is 5.69 Å². The van der Waals surface area contributed by atoms with Gasteiger partial charge in [-0.25, -0.2) is 0 Å². The summed E-state index contributed by atoms with van der Waals surface area (Å²) in [6, 6.07) is 9.33. The zero-order chi connectivity index (χ0) is 10.8. The van der Waals surface area contributed by atoms with E-state index in [1.54, 1.807) is 0 Å². The Hall–Kier alpha value is -1.02. The van der Waals surface area contributed by atoms with Crippen LogP contribution in [-0.4, -0.2) is 19.6 Å². The van der Waals surface area contributed by atoms with Gasteiger partial charge in [-0.15, -0.1) is 0 Å². The van der Waals surface area contributed by atoms with Crippen molar-refractivity contribution >= 4 is 5.69 Å². The van der Waals surface area contributed by atoms with Crippen molar-refractivity contribution in [2.45, 2.75) is 25.8 Å². The highest BCUT2D eigenvalue weighted by atomic mass is 15.2. The molecule has 0 aromatic heterocycles. The number of nitrogens with two attached hydrogens (primary N) is 1. The smallest absolute Gasteiger partial charge is 0.0399 e. The molecule has 1 aromatic rings. The molecule has 1 aromatic carbocycles. The van der Waals surface area contributed by atoms with Gasteiger partial charge in [0.05, 0.1) is 0 Å². The van der Waals surface area contributed by atoms with Crippen LogP contribution in [0, 0.1) is 5.92 Å². The molecule has 0 amide bonds. The van der Waals surface area contributed by atoms with E-state index in [4.69, 9.17) is 5.73 Å². The molecule has 0 fully saturated rings. The van der Waals surface area contributed by atoms with Crippen LogP contribution in [0.1, 0.15) is 18.9 Å². The summed E-state index contributed by atoms with van der Waals surface area (Å²) < 4.78 is 0. The van der Waals surface area contributed by atoms with Crippen LogP contribution < -0.4 is 10.6 Å². The second-order valence-electron chi connectivity index (χ2n) is 4.67. The van der Waals surface area contributed by atoms with Gasteiger partial charge in [-0.3, -0.25) is 0 Å². The first kappa shape index (κ1) is 10.5. The molecule has 0 aliphatic carbocycles. The zero-order valence-corrected chi connectivity index (χ0v) is 9.61. The van der Waals surface area contributed by atoms with Crippen LogP contribution in [0.15, 0.2) is 24.3 Å². The molecular formula is C13H20N2. The Kier molecular flexibility index (Phi) is 2.96. The third kappa shape index (κ3) is 2.00. The van der Waals surface area contributed by atoms with Gasteiger partial charge < -0.3 is 10.6 Å². The van der Waals surface area contributed by atoms with Crippen molar-refractivity contribution in [3.63, 3.8) is 0 Å². The van der Waals surface area contributed by atoms with Crippen molar-refractivity contribution in [3.8, 4) is 0 Å². The van der Waals surface area contributed by atoms with E-state index in [0.717, 1.165) is 6.54 Å². The summed E-state index contributed by atoms with van der Waals surface area (Å²) in [7, 11) is 2.19. The van der Waals surface area contributed by atoms with E-state index in [1.165, 1.54) is 24.1 Å². The lowest BCUT2D eigenvalue weighted by Gasteiger charge is -2.24. The van der Waals surface area contributed by atoms with Crippen molar-refractivity contribution in [1.82, 2.24) is 0 Å². The molecule has 0 spiro atoms. The lowest BCUT2D eigenvalue weighted by Crippen LogP contribution is -2.31. The highest BCUT2D eigenvalue weighted by Crippen LogP contribution is 2.32. The van der Waals surface area contributed by atoms with Gasteiger partial charge in [0.15, 0.2) is 0 Å². The van der Waals surface area contributed by atoms with Crippen molar-refractivity contribution in [2.75, 3.05) is 18.5 Å². The minimum absolute atomic E-state index is 0.617. The second-order valence-corrected chi connectivity index (χ2v) is 4.67. The van der Waals surface area contributed by atoms with E-state index in [0.29, 0.717) is 12.0 Å². The van der Waals surface area contributed by atoms with Gasteiger partial charge >= 0.3 is 0 Å². The van der Waals surface area contributed by atoms with Crippen LogP contribution >= 0.6 is 0 Å². The maximum Gasteiger partial charge on any atom is 0.0399 e. The number of hydrogen-bond acceptors (Lipinski definition) is 2. The molecule has 1 aliphatic rings. The van der Waals surface area contributed by atoms with E-state index in [-0.39, 0.29) is 0 Å². The molecule has 2 atom stereocenters. The summed E-state index contributed by atoms with van der Waals surface area (Å²) in [5, 5.41) is 0. The van der Waals surface area contributed by atoms with Gasteiger partial charge in [0.1, 0.15) is 0 Å². The minimum Gasteiger partial charge on any atom is -0.371 e. The summed E-state index contributed by atoms with van der Waals surface area (Å²) in [4.78, 5) is 2.40. The first-order valence-electron chi connectivity index (χ1n) is 5.73. The molecular weight excluding hydrogens is 184 g/mol. The van der Waals surface area contributed by atoms with E-state index < -0.39 is 0 Å². The SMILES string of the molecule is CC(CN)CC1Cc2ccccc2N1C. The van der Waals surface area contributed by atoms with E-state index in [2.05, 4.69) is 43.1 Å². The van der Waals surface area contributed by atoms with Crippen LogP contribution in [0.25, 0.3) is 0 Å². The van der Waals surface area contributed by atoms with Crippen molar-refractivity contribution < 1.29 is 0 Å². The molecule has 2 rings (SSSR count). The normalized spacial score (nSPS) is 21.5.